The Balaban J connectivity index is 1.24. The molecular formula is C23H34N3O3+. The first kappa shape index (κ1) is 18.3. The van der Waals surface area contributed by atoms with E-state index in [1.54, 1.807) is 0 Å². The Bertz CT molecular complexity index is 712. The van der Waals surface area contributed by atoms with E-state index in [0.29, 0.717) is 30.5 Å². The first-order valence-corrected chi connectivity index (χ1v) is 12.1. The largest absolute Gasteiger partial charge is 0.339 e. The Morgan fingerprint density at radius 2 is 1.45 bits per heavy atom. The molecule has 1 N–H and O–H groups in total. The summed E-state index contributed by atoms with van der Waals surface area (Å²) in [7, 11) is 0. The van der Waals surface area contributed by atoms with E-state index < -0.39 is 11.8 Å². The van der Waals surface area contributed by atoms with Gasteiger partial charge in [0, 0.05) is 5.92 Å². The first-order chi connectivity index (χ1) is 14.0. The predicted octanol–water partition coefficient (Wildman–Crippen LogP) is 1.94. The maximum atomic E-state index is 13.5. The number of urea groups is 1. The quantitative estimate of drug-likeness (QED) is 0.582. The minimum Gasteiger partial charge on any atom is -0.315 e. The van der Waals surface area contributed by atoms with Gasteiger partial charge >= 0.3 is 17.8 Å². The average molecular weight is 401 g/mol. The van der Waals surface area contributed by atoms with Crippen molar-refractivity contribution in [3.8, 4) is 0 Å². The molecule has 2 saturated heterocycles. The number of likely N-dealkylation sites (tertiary alicyclic amines) is 1. The van der Waals surface area contributed by atoms with Gasteiger partial charge in [-0.15, -0.1) is 0 Å². The van der Waals surface area contributed by atoms with Crippen LogP contribution in [0.2, 0.25) is 0 Å². The summed E-state index contributed by atoms with van der Waals surface area (Å²) in [6.07, 6.45) is 14.1. The fraction of sp³-hybridized carbons (Fsp3) is 0.870. The highest BCUT2D eigenvalue weighted by Gasteiger charge is 2.61. The number of quaternary nitrogens is 1. The molecule has 6 heteroatoms. The minimum atomic E-state index is -0.559. The van der Waals surface area contributed by atoms with Crippen molar-refractivity contribution >= 4 is 17.8 Å². The van der Waals surface area contributed by atoms with Gasteiger partial charge in [0.1, 0.15) is 0 Å². The molecule has 2 heterocycles. The summed E-state index contributed by atoms with van der Waals surface area (Å²) >= 11 is 0. The number of carbonyl (C=O) groups is 3. The van der Waals surface area contributed by atoms with E-state index in [1.807, 2.05) is 0 Å². The van der Waals surface area contributed by atoms with Gasteiger partial charge in [0.25, 0.3) is 0 Å². The van der Waals surface area contributed by atoms with Crippen LogP contribution in [-0.2, 0) is 9.59 Å². The number of nitrogens with one attached hydrogen (secondary N) is 1. The van der Waals surface area contributed by atoms with Gasteiger partial charge in [0.05, 0.1) is 18.1 Å². The number of amides is 4. The van der Waals surface area contributed by atoms with Crippen LogP contribution in [0.5, 0.6) is 0 Å². The molecule has 0 aromatic rings. The SMILES string of the molecule is O=C1C(=O)N(C23CC4CC(CC(C4)C2)C3)C(=O)N1C[NH+]1CCC[C@H]2CCCC[C@@H]21. The van der Waals surface area contributed by atoms with E-state index in [2.05, 4.69) is 0 Å². The van der Waals surface area contributed by atoms with Crippen LogP contribution in [0.4, 0.5) is 4.79 Å². The summed E-state index contributed by atoms with van der Waals surface area (Å²) in [5.74, 6) is 1.56. The van der Waals surface area contributed by atoms with Crippen molar-refractivity contribution in [1.29, 1.82) is 0 Å². The molecule has 2 aliphatic heterocycles. The Hall–Kier alpha value is -1.43. The molecule has 4 bridgehead atoms. The molecule has 7 fully saturated rings. The summed E-state index contributed by atoms with van der Waals surface area (Å²) in [5, 5.41) is 0. The van der Waals surface area contributed by atoms with Gasteiger partial charge in [-0.05, 0) is 88.4 Å². The summed E-state index contributed by atoms with van der Waals surface area (Å²) in [4.78, 5) is 43.6. The highest BCUT2D eigenvalue weighted by molar-refractivity contribution is 6.44. The number of fused-ring (bicyclic) bond motifs is 1. The number of imide groups is 2. The summed E-state index contributed by atoms with van der Waals surface area (Å²) < 4.78 is 0. The van der Waals surface area contributed by atoms with Crippen molar-refractivity contribution in [2.75, 3.05) is 13.2 Å². The number of piperidine rings is 1. The molecule has 0 spiro atoms. The lowest BCUT2D eigenvalue weighted by Gasteiger charge is -2.58. The molecule has 1 unspecified atom stereocenters. The van der Waals surface area contributed by atoms with E-state index in [-0.39, 0.29) is 11.6 Å². The fourth-order valence-corrected chi connectivity index (χ4v) is 8.67. The fourth-order valence-electron chi connectivity index (χ4n) is 8.67. The molecule has 7 rings (SSSR count). The standard InChI is InChI=1S/C23H33N3O3/c27-20-21(28)26(23-11-15-8-16(12-23)10-17(9-15)13-23)22(29)25(20)14-24-7-3-5-18-4-1-2-6-19(18)24/h15-19H,1-14H2/p+1/t15?,16?,17?,18-,19+,23?/m1/s1. The van der Waals surface area contributed by atoms with Crippen molar-refractivity contribution in [2.45, 2.75) is 88.6 Å². The second-order valence-electron chi connectivity index (χ2n) is 11.2. The molecule has 158 valence electrons. The van der Waals surface area contributed by atoms with Crippen LogP contribution in [0, 0.1) is 23.7 Å². The second-order valence-corrected chi connectivity index (χ2v) is 11.2. The Labute approximate surface area is 172 Å². The predicted molar refractivity (Wildman–Crippen MR) is 106 cm³/mol. The lowest BCUT2D eigenvalue weighted by molar-refractivity contribution is -0.942. The lowest BCUT2D eigenvalue weighted by Crippen LogP contribution is -3.19. The zero-order valence-corrected chi connectivity index (χ0v) is 17.4. The van der Waals surface area contributed by atoms with Gasteiger partial charge in [-0.1, -0.05) is 6.42 Å². The van der Waals surface area contributed by atoms with Gasteiger partial charge in [-0.3, -0.25) is 9.59 Å². The number of hydrogen-bond donors (Lipinski definition) is 1. The van der Waals surface area contributed by atoms with E-state index in [1.165, 1.54) is 72.5 Å². The van der Waals surface area contributed by atoms with Gasteiger partial charge in [-0.2, -0.15) is 0 Å². The number of rotatable bonds is 3. The molecule has 7 aliphatic rings. The second kappa shape index (κ2) is 6.53. The molecule has 5 aliphatic carbocycles. The molecule has 0 radical (unpaired) electrons. The third-order valence-corrected chi connectivity index (χ3v) is 9.40. The van der Waals surface area contributed by atoms with Crippen LogP contribution in [0.1, 0.15) is 77.0 Å². The normalized spacial score (nSPS) is 46.6. The molecule has 29 heavy (non-hydrogen) atoms. The summed E-state index contributed by atoms with van der Waals surface area (Å²) in [6.45, 7) is 1.41. The molecule has 0 aromatic heterocycles. The van der Waals surface area contributed by atoms with E-state index in [9.17, 15) is 14.4 Å². The maximum Gasteiger partial charge on any atom is 0.339 e. The van der Waals surface area contributed by atoms with E-state index >= 15 is 0 Å². The van der Waals surface area contributed by atoms with Crippen molar-refractivity contribution in [1.82, 2.24) is 9.80 Å². The Kier molecular flexibility index (Phi) is 4.13. The first-order valence-electron chi connectivity index (χ1n) is 12.1. The summed E-state index contributed by atoms with van der Waals surface area (Å²) in [6, 6.07) is 0.259. The molecule has 0 aromatic carbocycles. The maximum absolute atomic E-state index is 13.5. The molecular weight excluding hydrogens is 366 g/mol. The van der Waals surface area contributed by atoms with Crippen molar-refractivity contribution in [3.05, 3.63) is 0 Å². The van der Waals surface area contributed by atoms with Crippen LogP contribution in [0.25, 0.3) is 0 Å². The topological polar surface area (TPSA) is 62.1 Å². The van der Waals surface area contributed by atoms with Crippen LogP contribution < -0.4 is 4.90 Å². The van der Waals surface area contributed by atoms with E-state index in [0.717, 1.165) is 31.7 Å². The Morgan fingerprint density at radius 1 is 0.828 bits per heavy atom. The lowest BCUT2D eigenvalue weighted by atomic mass is 9.52. The van der Waals surface area contributed by atoms with Gasteiger partial charge in [0.15, 0.2) is 6.67 Å². The average Bonchev–Trinajstić information content (AvgIpc) is 2.91. The molecule has 6 nitrogen and oxygen atoms in total. The van der Waals surface area contributed by atoms with Gasteiger partial charge in [-0.25, -0.2) is 14.6 Å². The summed E-state index contributed by atoms with van der Waals surface area (Å²) in [5.41, 5.74) is -0.363. The monoisotopic (exact) mass is 400 g/mol. The van der Waals surface area contributed by atoms with E-state index in [4.69, 9.17) is 0 Å². The molecule has 4 amide bonds. The highest BCUT2D eigenvalue weighted by atomic mass is 16.2. The van der Waals surface area contributed by atoms with Crippen molar-refractivity contribution in [2.24, 2.45) is 23.7 Å². The van der Waals surface area contributed by atoms with Crippen LogP contribution in [-0.4, -0.2) is 52.4 Å². The van der Waals surface area contributed by atoms with Gasteiger partial charge in [0.2, 0.25) is 0 Å². The number of hydrogen-bond acceptors (Lipinski definition) is 3. The Morgan fingerprint density at radius 3 is 2.14 bits per heavy atom. The smallest absolute Gasteiger partial charge is 0.315 e. The zero-order valence-electron chi connectivity index (χ0n) is 17.4. The minimum absolute atomic E-state index is 0.299. The third-order valence-electron chi connectivity index (χ3n) is 9.40. The van der Waals surface area contributed by atoms with Crippen LogP contribution in [0.3, 0.4) is 0 Å². The number of nitrogens with zero attached hydrogens (tertiary/aromatic N) is 2. The van der Waals surface area contributed by atoms with Crippen molar-refractivity contribution in [3.63, 3.8) is 0 Å². The van der Waals surface area contributed by atoms with Gasteiger partial charge < -0.3 is 4.90 Å². The molecule has 3 atom stereocenters. The third kappa shape index (κ3) is 2.74. The van der Waals surface area contributed by atoms with Crippen LogP contribution in [0.15, 0.2) is 0 Å². The highest BCUT2D eigenvalue weighted by Crippen LogP contribution is 2.58. The zero-order chi connectivity index (χ0) is 19.8. The number of carbonyl (C=O) groups excluding carboxylic acids is 3. The molecule has 5 saturated carbocycles. The van der Waals surface area contributed by atoms with Crippen LogP contribution >= 0.6 is 0 Å². The van der Waals surface area contributed by atoms with Crippen molar-refractivity contribution < 1.29 is 19.3 Å².